The molecule has 1 aromatic rings. The Bertz CT molecular complexity index is 482. The predicted octanol–water partition coefficient (Wildman–Crippen LogP) is 1.95. The van der Waals surface area contributed by atoms with Gasteiger partial charge in [-0.15, -0.1) is 0 Å². The molecule has 0 radical (unpaired) electrons. The van der Waals surface area contributed by atoms with Gasteiger partial charge in [-0.2, -0.15) is 0 Å². The first-order valence-electron chi connectivity index (χ1n) is 7.04. The van der Waals surface area contributed by atoms with E-state index in [0.29, 0.717) is 0 Å². The highest BCUT2D eigenvalue weighted by molar-refractivity contribution is 5.73. The van der Waals surface area contributed by atoms with E-state index in [4.69, 9.17) is 5.73 Å². The molecule has 0 saturated carbocycles. The Morgan fingerprint density at radius 1 is 1.45 bits per heavy atom. The number of nitrogens with one attached hydrogen (secondary N) is 1. The number of anilines is 1. The summed E-state index contributed by atoms with van der Waals surface area (Å²) in [6, 6.07) is 4.82. The highest BCUT2D eigenvalue weighted by atomic mass is 19.1. The van der Waals surface area contributed by atoms with Crippen molar-refractivity contribution in [3.05, 3.63) is 29.6 Å². The summed E-state index contributed by atoms with van der Waals surface area (Å²) in [5.41, 5.74) is 7.77. The van der Waals surface area contributed by atoms with Gasteiger partial charge in [0, 0.05) is 37.8 Å². The van der Waals surface area contributed by atoms with Gasteiger partial charge < -0.3 is 16.0 Å². The van der Waals surface area contributed by atoms with Crippen molar-refractivity contribution in [1.29, 1.82) is 0 Å². The monoisotopic (exact) mass is 279 g/mol. The lowest BCUT2D eigenvalue weighted by atomic mass is 10.0. The molecular formula is C15H22FN3O. The Hall–Kier alpha value is -1.62. The molecule has 4 nitrogen and oxygen atoms in total. The van der Waals surface area contributed by atoms with Gasteiger partial charge in [0.2, 0.25) is 5.91 Å². The van der Waals surface area contributed by atoms with Crippen molar-refractivity contribution in [3.8, 4) is 0 Å². The van der Waals surface area contributed by atoms with Crippen LogP contribution < -0.4 is 16.0 Å². The number of hydrogen-bond acceptors (Lipinski definition) is 3. The van der Waals surface area contributed by atoms with E-state index >= 15 is 0 Å². The highest BCUT2D eigenvalue weighted by Crippen LogP contribution is 2.28. The number of amides is 1. The van der Waals surface area contributed by atoms with Gasteiger partial charge in [-0.25, -0.2) is 4.39 Å². The van der Waals surface area contributed by atoms with Gasteiger partial charge >= 0.3 is 0 Å². The molecule has 1 aliphatic rings. The van der Waals surface area contributed by atoms with Crippen LogP contribution >= 0.6 is 0 Å². The number of halogens is 1. The van der Waals surface area contributed by atoms with Gasteiger partial charge in [-0.3, -0.25) is 4.79 Å². The minimum atomic E-state index is -0.255. The topological polar surface area (TPSA) is 58.4 Å². The van der Waals surface area contributed by atoms with Crippen molar-refractivity contribution in [1.82, 2.24) is 5.32 Å². The van der Waals surface area contributed by atoms with Crippen molar-refractivity contribution in [2.45, 2.75) is 38.8 Å². The number of carbonyl (C=O) groups excluding carboxylic acids is 1. The molecule has 1 saturated heterocycles. The Balaban J connectivity index is 2.09. The molecule has 1 heterocycles. The highest BCUT2D eigenvalue weighted by Gasteiger charge is 2.22. The van der Waals surface area contributed by atoms with Crippen LogP contribution in [0.5, 0.6) is 0 Å². The lowest BCUT2D eigenvalue weighted by molar-refractivity contribution is -0.119. The maximum absolute atomic E-state index is 13.4. The second-order valence-corrected chi connectivity index (χ2v) is 5.45. The third-order valence-electron chi connectivity index (χ3n) is 3.72. The fourth-order valence-corrected chi connectivity index (χ4v) is 2.73. The Kier molecular flexibility index (Phi) is 4.60. The van der Waals surface area contributed by atoms with E-state index in [1.165, 1.54) is 12.1 Å². The van der Waals surface area contributed by atoms with E-state index in [1.54, 1.807) is 13.0 Å². The molecule has 1 aromatic carbocycles. The van der Waals surface area contributed by atoms with E-state index in [2.05, 4.69) is 10.2 Å². The van der Waals surface area contributed by atoms with Crippen molar-refractivity contribution in [2.75, 3.05) is 18.0 Å². The average molecular weight is 279 g/mol. The Morgan fingerprint density at radius 2 is 2.10 bits per heavy atom. The van der Waals surface area contributed by atoms with Gasteiger partial charge in [-0.05, 0) is 43.5 Å². The van der Waals surface area contributed by atoms with Crippen molar-refractivity contribution >= 4 is 11.6 Å². The number of nitrogens with zero attached hydrogens (tertiary/aromatic N) is 1. The van der Waals surface area contributed by atoms with E-state index in [1.807, 2.05) is 6.92 Å². The number of benzene rings is 1. The molecule has 1 atom stereocenters. The molecule has 110 valence electrons. The first-order chi connectivity index (χ1) is 9.47. The summed E-state index contributed by atoms with van der Waals surface area (Å²) >= 11 is 0. The molecule has 1 amide bonds. The van der Waals surface area contributed by atoms with E-state index in [9.17, 15) is 9.18 Å². The Labute approximate surface area is 119 Å². The molecule has 3 N–H and O–H groups in total. The molecule has 2 rings (SSSR count). The fraction of sp³-hybridized carbons (Fsp3) is 0.533. The average Bonchev–Trinajstić information content (AvgIpc) is 2.39. The van der Waals surface area contributed by atoms with Crippen LogP contribution in [0.1, 0.15) is 38.3 Å². The first-order valence-corrected chi connectivity index (χ1v) is 7.04. The van der Waals surface area contributed by atoms with Crippen LogP contribution in [0.15, 0.2) is 18.2 Å². The summed E-state index contributed by atoms with van der Waals surface area (Å²) in [5, 5.41) is 2.95. The van der Waals surface area contributed by atoms with Gasteiger partial charge in [0.15, 0.2) is 0 Å². The molecule has 0 aliphatic carbocycles. The predicted molar refractivity (Wildman–Crippen MR) is 78.1 cm³/mol. The smallest absolute Gasteiger partial charge is 0.217 e. The Morgan fingerprint density at radius 3 is 2.65 bits per heavy atom. The second-order valence-electron chi connectivity index (χ2n) is 5.45. The summed E-state index contributed by atoms with van der Waals surface area (Å²) in [5.74, 6) is -0.240. The number of piperidine rings is 1. The van der Waals surface area contributed by atoms with Crippen LogP contribution in [0.2, 0.25) is 0 Å². The van der Waals surface area contributed by atoms with Crippen molar-refractivity contribution in [3.63, 3.8) is 0 Å². The molecular weight excluding hydrogens is 257 g/mol. The zero-order valence-electron chi connectivity index (χ0n) is 12.0. The number of rotatable bonds is 3. The first kappa shape index (κ1) is 14.8. The van der Waals surface area contributed by atoms with Gasteiger partial charge in [0.1, 0.15) is 5.82 Å². The van der Waals surface area contributed by atoms with E-state index in [-0.39, 0.29) is 23.8 Å². The minimum absolute atomic E-state index is 0.0153. The number of nitrogens with two attached hydrogens (primary N) is 1. The van der Waals surface area contributed by atoms with Gasteiger partial charge in [-0.1, -0.05) is 0 Å². The molecule has 20 heavy (non-hydrogen) atoms. The van der Waals surface area contributed by atoms with Crippen LogP contribution in [-0.2, 0) is 4.79 Å². The zero-order chi connectivity index (χ0) is 14.7. The van der Waals surface area contributed by atoms with Crippen LogP contribution in [0.3, 0.4) is 0 Å². The van der Waals surface area contributed by atoms with E-state index in [0.717, 1.165) is 37.2 Å². The molecule has 0 spiro atoms. The minimum Gasteiger partial charge on any atom is -0.371 e. The molecule has 5 heteroatoms. The second kappa shape index (κ2) is 6.22. The quantitative estimate of drug-likeness (QED) is 0.889. The SMILES string of the molecule is CC(=O)NC1CCN(c2ccc(F)cc2[C@@H](C)N)CC1. The summed E-state index contributed by atoms with van der Waals surface area (Å²) in [6.45, 7) is 5.09. The van der Waals surface area contributed by atoms with Crippen LogP contribution in [0, 0.1) is 5.82 Å². The summed E-state index contributed by atoms with van der Waals surface area (Å²) in [6.07, 6.45) is 1.80. The lowest BCUT2D eigenvalue weighted by Crippen LogP contribution is -2.44. The summed E-state index contributed by atoms with van der Waals surface area (Å²) in [7, 11) is 0. The number of hydrogen-bond donors (Lipinski definition) is 2. The van der Waals surface area contributed by atoms with Crippen LogP contribution in [0.4, 0.5) is 10.1 Å². The maximum atomic E-state index is 13.4. The third kappa shape index (κ3) is 3.48. The summed E-state index contributed by atoms with van der Waals surface area (Å²) in [4.78, 5) is 13.3. The largest absolute Gasteiger partial charge is 0.371 e. The van der Waals surface area contributed by atoms with Gasteiger partial charge in [0.05, 0.1) is 0 Å². The van der Waals surface area contributed by atoms with Crippen LogP contribution in [0.25, 0.3) is 0 Å². The van der Waals surface area contributed by atoms with Crippen molar-refractivity contribution < 1.29 is 9.18 Å². The van der Waals surface area contributed by atoms with Crippen LogP contribution in [-0.4, -0.2) is 25.0 Å². The van der Waals surface area contributed by atoms with Gasteiger partial charge in [0.25, 0.3) is 0 Å². The normalized spacial score (nSPS) is 17.9. The fourth-order valence-electron chi connectivity index (χ4n) is 2.73. The maximum Gasteiger partial charge on any atom is 0.217 e. The molecule has 1 aliphatic heterocycles. The summed E-state index contributed by atoms with van der Waals surface area (Å²) < 4.78 is 13.4. The third-order valence-corrected chi connectivity index (χ3v) is 3.72. The lowest BCUT2D eigenvalue weighted by Gasteiger charge is -2.35. The zero-order valence-corrected chi connectivity index (χ0v) is 12.0. The molecule has 0 bridgehead atoms. The standard InChI is InChI=1S/C15H22FN3O/c1-10(17)14-9-12(16)3-4-15(14)19-7-5-13(6-8-19)18-11(2)20/h3-4,9-10,13H,5-8,17H2,1-2H3,(H,18,20)/t10-/m1/s1. The molecule has 0 unspecified atom stereocenters. The number of carbonyl (C=O) groups is 1. The molecule has 1 fully saturated rings. The van der Waals surface area contributed by atoms with Crippen molar-refractivity contribution in [2.24, 2.45) is 5.73 Å². The molecule has 0 aromatic heterocycles. The van der Waals surface area contributed by atoms with E-state index < -0.39 is 0 Å².